The average molecular weight is 414 g/mol. The van der Waals surface area contributed by atoms with Gasteiger partial charge in [0.2, 0.25) is 10.0 Å². The summed E-state index contributed by atoms with van der Waals surface area (Å²) < 4.78 is 59.4. The Labute approximate surface area is 159 Å². The van der Waals surface area contributed by atoms with Crippen LogP contribution in [0, 0.1) is 20.8 Å². The fourth-order valence-corrected chi connectivity index (χ4v) is 6.76. The fourth-order valence-electron chi connectivity index (χ4n) is 3.38. The lowest BCUT2D eigenvalue weighted by atomic mass is 10.2. The molecule has 1 saturated heterocycles. The molecule has 0 spiro atoms. The van der Waals surface area contributed by atoms with E-state index in [1.165, 1.54) is 37.4 Å². The predicted molar refractivity (Wildman–Crippen MR) is 100 cm³/mol. The van der Waals surface area contributed by atoms with Crippen molar-refractivity contribution in [3.8, 4) is 5.75 Å². The number of aryl methyl sites for hydroxylation is 2. The molecule has 27 heavy (non-hydrogen) atoms. The zero-order valence-electron chi connectivity index (χ0n) is 15.8. The summed E-state index contributed by atoms with van der Waals surface area (Å²) in [5, 5.41) is 4.06. The summed E-state index contributed by atoms with van der Waals surface area (Å²) in [4.78, 5) is -0.00488. The third kappa shape index (κ3) is 3.26. The van der Waals surface area contributed by atoms with Gasteiger partial charge in [-0.2, -0.15) is 21.9 Å². The first-order chi connectivity index (χ1) is 12.6. The highest BCUT2D eigenvalue weighted by molar-refractivity contribution is 7.90. The van der Waals surface area contributed by atoms with Crippen molar-refractivity contribution in [3.63, 3.8) is 0 Å². The second-order valence-corrected chi connectivity index (χ2v) is 10.2. The molecule has 148 valence electrons. The number of sulfonamides is 1. The van der Waals surface area contributed by atoms with Crippen molar-refractivity contribution in [2.75, 3.05) is 20.2 Å². The lowest BCUT2D eigenvalue weighted by molar-refractivity contribution is 0.411. The third-order valence-electron chi connectivity index (χ3n) is 4.74. The first-order valence-electron chi connectivity index (χ1n) is 8.57. The van der Waals surface area contributed by atoms with Crippen LogP contribution in [0.4, 0.5) is 0 Å². The molecule has 0 radical (unpaired) electrons. The van der Waals surface area contributed by atoms with Gasteiger partial charge in [-0.15, -0.1) is 0 Å². The minimum atomic E-state index is -4.04. The molecule has 1 aliphatic rings. The second kappa shape index (κ2) is 6.92. The summed E-state index contributed by atoms with van der Waals surface area (Å²) in [7, 11) is -6.30. The molecule has 8 nitrogen and oxygen atoms in total. The number of benzene rings is 1. The SMILES string of the molecule is COc1ccc(S(=O)(=O)n2nc(C)c(S(=O)(=O)N3CCCC3)c2C)cc1C. The molecular formula is C17H23N3O5S2. The van der Waals surface area contributed by atoms with Gasteiger partial charge in [0.05, 0.1) is 23.4 Å². The van der Waals surface area contributed by atoms with Gasteiger partial charge in [0.25, 0.3) is 10.0 Å². The highest BCUT2D eigenvalue weighted by atomic mass is 32.2. The number of ether oxygens (including phenoxy) is 1. The monoisotopic (exact) mass is 413 g/mol. The van der Waals surface area contributed by atoms with E-state index in [2.05, 4.69) is 5.10 Å². The first kappa shape index (κ1) is 19.8. The van der Waals surface area contributed by atoms with E-state index in [-0.39, 0.29) is 21.2 Å². The van der Waals surface area contributed by atoms with Crippen LogP contribution in [0.1, 0.15) is 29.8 Å². The lowest BCUT2D eigenvalue weighted by Gasteiger charge is -2.15. The number of rotatable bonds is 5. The minimum Gasteiger partial charge on any atom is -0.496 e. The molecule has 0 amide bonds. The largest absolute Gasteiger partial charge is 0.496 e. The number of nitrogens with zero attached hydrogens (tertiary/aromatic N) is 3. The number of hydrogen-bond acceptors (Lipinski definition) is 6. The molecule has 1 aliphatic heterocycles. The molecule has 0 atom stereocenters. The van der Waals surface area contributed by atoms with Crippen molar-refractivity contribution in [1.29, 1.82) is 0 Å². The van der Waals surface area contributed by atoms with Crippen LogP contribution in [-0.2, 0) is 20.0 Å². The predicted octanol–water partition coefficient (Wildman–Crippen LogP) is 1.84. The minimum absolute atomic E-state index is 0.0246. The normalized spacial score (nSPS) is 16.0. The van der Waals surface area contributed by atoms with E-state index in [9.17, 15) is 16.8 Å². The molecule has 0 saturated carbocycles. The van der Waals surface area contributed by atoms with E-state index in [1.807, 2.05) is 0 Å². The fraction of sp³-hybridized carbons (Fsp3) is 0.471. The number of aromatic nitrogens is 2. The maximum Gasteiger partial charge on any atom is 0.283 e. The van der Waals surface area contributed by atoms with Crippen LogP contribution in [0.2, 0.25) is 0 Å². The molecule has 10 heteroatoms. The molecule has 0 aliphatic carbocycles. The zero-order chi connectivity index (χ0) is 20.0. The van der Waals surface area contributed by atoms with Crippen molar-refractivity contribution in [3.05, 3.63) is 35.2 Å². The van der Waals surface area contributed by atoms with Crippen molar-refractivity contribution in [1.82, 2.24) is 13.5 Å². The highest BCUT2D eigenvalue weighted by Gasteiger charge is 2.35. The van der Waals surface area contributed by atoms with Crippen LogP contribution >= 0.6 is 0 Å². The van der Waals surface area contributed by atoms with Gasteiger partial charge in [0.15, 0.2) is 0 Å². The molecule has 3 rings (SSSR count). The zero-order valence-corrected chi connectivity index (χ0v) is 17.4. The van der Waals surface area contributed by atoms with Crippen LogP contribution in [-0.4, -0.2) is 50.5 Å². The second-order valence-electron chi connectivity index (χ2n) is 6.59. The summed E-state index contributed by atoms with van der Waals surface area (Å²) >= 11 is 0. The van der Waals surface area contributed by atoms with Gasteiger partial charge in [0, 0.05) is 13.1 Å². The van der Waals surface area contributed by atoms with E-state index >= 15 is 0 Å². The third-order valence-corrected chi connectivity index (χ3v) is 8.55. The van der Waals surface area contributed by atoms with E-state index < -0.39 is 20.0 Å². The Kier molecular flexibility index (Phi) is 5.08. The molecule has 1 aromatic heterocycles. The van der Waals surface area contributed by atoms with Gasteiger partial charge in [-0.05, 0) is 57.4 Å². The van der Waals surface area contributed by atoms with E-state index in [1.54, 1.807) is 13.0 Å². The van der Waals surface area contributed by atoms with Gasteiger partial charge < -0.3 is 4.74 Å². The van der Waals surface area contributed by atoms with Gasteiger partial charge in [-0.25, -0.2) is 8.42 Å². The first-order valence-corrected chi connectivity index (χ1v) is 11.5. The topological polar surface area (TPSA) is 98.6 Å². The van der Waals surface area contributed by atoms with Gasteiger partial charge >= 0.3 is 0 Å². The van der Waals surface area contributed by atoms with Gasteiger partial charge in [0.1, 0.15) is 10.6 Å². The molecule has 2 aromatic rings. The Balaban J connectivity index is 2.12. The number of methoxy groups -OCH3 is 1. The quantitative estimate of drug-likeness (QED) is 0.742. The molecular weight excluding hydrogens is 390 g/mol. The molecule has 0 N–H and O–H groups in total. The summed E-state index contributed by atoms with van der Waals surface area (Å²) in [6.45, 7) is 5.61. The number of hydrogen-bond donors (Lipinski definition) is 0. The average Bonchev–Trinajstić information content (AvgIpc) is 3.23. The molecule has 0 bridgehead atoms. The van der Waals surface area contributed by atoms with Crippen molar-refractivity contribution in [2.24, 2.45) is 0 Å². The Morgan fingerprint density at radius 2 is 1.63 bits per heavy atom. The maximum atomic E-state index is 13.1. The molecule has 1 aromatic carbocycles. The van der Waals surface area contributed by atoms with Crippen molar-refractivity contribution >= 4 is 20.0 Å². The van der Waals surface area contributed by atoms with Crippen LogP contribution in [0.5, 0.6) is 5.75 Å². The molecule has 1 fully saturated rings. The van der Waals surface area contributed by atoms with E-state index in [4.69, 9.17) is 4.74 Å². The maximum absolute atomic E-state index is 13.1. The van der Waals surface area contributed by atoms with Crippen LogP contribution in [0.25, 0.3) is 0 Å². The Morgan fingerprint density at radius 3 is 2.19 bits per heavy atom. The van der Waals surface area contributed by atoms with Crippen LogP contribution in [0.15, 0.2) is 28.0 Å². The van der Waals surface area contributed by atoms with E-state index in [0.29, 0.717) is 24.4 Å². The summed E-state index contributed by atoms with van der Waals surface area (Å²) in [6.07, 6.45) is 1.60. The summed E-state index contributed by atoms with van der Waals surface area (Å²) in [6, 6.07) is 4.47. The van der Waals surface area contributed by atoms with E-state index in [0.717, 1.165) is 16.9 Å². The standard InChI is InChI=1S/C17H23N3O5S2/c1-12-11-15(7-8-16(12)25-4)26(21,22)20-14(3)17(13(2)18-20)27(23,24)19-9-5-6-10-19/h7-8,11H,5-6,9-10H2,1-4H3. The smallest absolute Gasteiger partial charge is 0.283 e. The van der Waals surface area contributed by atoms with Gasteiger partial charge in [-0.1, -0.05) is 0 Å². The highest BCUT2D eigenvalue weighted by Crippen LogP contribution is 2.29. The Morgan fingerprint density at radius 1 is 1.00 bits per heavy atom. The Bertz CT molecular complexity index is 1080. The van der Waals surface area contributed by atoms with Gasteiger partial charge in [-0.3, -0.25) is 0 Å². The lowest BCUT2D eigenvalue weighted by Crippen LogP contribution is -2.29. The van der Waals surface area contributed by atoms with Crippen molar-refractivity contribution < 1.29 is 21.6 Å². The molecule has 0 unspecified atom stereocenters. The van der Waals surface area contributed by atoms with Crippen LogP contribution < -0.4 is 4.74 Å². The summed E-state index contributed by atoms with van der Waals surface area (Å²) in [5.74, 6) is 0.569. The Hall–Kier alpha value is -1.91. The molecule has 2 heterocycles. The summed E-state index contributed by atoms with van der Waals surface area (Å²) in [5.41, 5.74) is 0.922. The van der Waals surface area contributed by atoms with Crippen molar-refractivity contribution in [2.45, 2.75) is 43.4 Å². The van der Waals surface area contributed by atoms with Crippen LogP contribution in [0.3, 0.4) is 0 Å².